The summed E-state index contributed by atoms with van der Waals surface area (Å²) in [5, 5.41) is 35.0. The lowest BCUT2D eigenvalue weighted by Gasteiger charge is -2.13. The summed E-state index contributed by atoms with van der Waals surface area (Å²) in [6, 6.07) is 0. The number of esters is 4. The maximum Gasteiger partial charge on any atom is 0.346 e. The van der Waals surface area contributed by atoms with Crippen LogP contribution in [0.3, 0.4) is 0 Å². The molecule has 12 heteroatoms. The fourth-order valence-electron chi connectivity index (χ4n) is 0.924. The molecule has 130 valence electrons. The summed E-state index contributed by atoms with van der Waals surface area (Å²) in [4.78, 5) is 64.6. The summed E-state index contributed by atoms with van der Waals surface area (Å²) in [6.45, 7) is 0. The highest BCUT2D eigenvalue weighted by Gasteiger charge is 2.34. The lowest BCUT2D eigenvalue weighted by atomic mass is 10.2. The molecule has 0 radical (unpaired) electrons. The molecule has 0 aromatic carbocycles. The van der Waals surface area contributed by atoms with Gasteiger partial charge in [-0.2, -0.15) is 0 Å². The topological polar surface area (TPSA) is 202 Å². The Labute approximate surface area is 132 Å². The molecule has 0 aliphatic carbocycles. The molecule has 0 heterocycles. The van der Waals surface area contributed by atoms with Crippen LogP contribution in [0.25, 0.3) is 0 Å². The van der Waals surface area contributed by atoms with Crippen LogP contribution in [0.1, 0.15) is 0 Å². The van der Waals surface area contributed by atoms with Crippen molar-refractivity contribution >= 4 is 35.8 Å². The summed E-state index contributed by atoms with van der Waals surface area (Å²) >= 11 is 0. The van der Waals surface area contributed by atoms with E-state index in [9.17, 15) is 39.0 Å². The predicted molar refractivity (Wildman–Crippen MR) is 67.8 cm³/mol. The van der Waals surface area contributed by atoms with E-state index in [1.165, 1.54) is 0 Å². The third-order valence-electron chi connectivity index (χ3n) is 1.91. The second-order valence-corrected chi connectivity index (χ2v) is 3.71. The van der Waals surface area contributed by atoms with Gasteiger partial charge in [0.15, 0.2) is 12.2 Å². The number of carbonyl (C=O) groups excluding carboxylic acids is 4. The highest BCUT2D eigenvalue weighted by atomic mass is 16.6. The Bertz CT molecular complexity index is 560. The van der Waals surface area contributed by atoms with Crippen molar-refractivity contribution in [2.75, 3.05) is 0 Å². The number of aliphatic hydroxyl groups excluding tert-OH is 2. The summed E-state index contributed by atoms with van der Waals surface area (Å²) in [5.41, 5.74) is 0. The number of hydrogen-bond donors (Lipinski definition) is 4. The van der Waals surface area contributed by atoms with Crippen LogP contribution >= 0.6 is 0 Å². The van der Waals surface area contributed by atoms with Crippen molar-refractivity contribution in [3.05, 3.63) is 24.3 Å². The fraction of sp³-hybridized carbons (Fsp3) is 0.167. The first-order chi connectivity index (χ1) is 11.0. The van der Waals surface area contributed by atoms with Gasteiger partial charge >= 0.3 is 35.8 Å². The number of aliphatic hydroxyl groups is 2. The van der Waals surface area contributed by atoms with Crippen molar-refractivity contribution in [3.8, 4) is 0 Å². The van der Waals surface area contributed by atoms with E-state index in [4.69, 9.17) is 10.2 Å². The first-order valence-corrected chi connectivity index (χ1v) is 5.74. The number of hydrogen-bond acceptors (Lipinski definition) is 10. The predicted octanol–water partition coefficient (Wildman–Crippen LogP) is -2.87. The third-order valence-corrected chi connectivity index (χ3v) is 1.91. The first-order valence-electron chi connectivity index (χ1n) is 5.74. The molecule has 0 bridgehead atoms. The number of carboxylic acid groups (broad SMARTS) is 2. The van der Waals surface area contributed by atoms with Gasteiger partial charge in [-0.1, -0.05) is 0 Å². The minimum Gasteiger partial charge on any atom is -0.478 e. The molecule has 0 fully saturated rings. The van der Waals surface area contributed by atoms with Crippen LogP contribution in [0, 0.1) is 0 Å². The molecule has 0 aliphatic rings. The molecule has 2 unspecified atom stereocenters. The summed E-state index contributed by atoms with van der Waals surface area (Å²) < 4.78 is 7.79. The van der Waals surface area contributed by atoms with Crippen LogP contribution in [0.15, 0.2) is 24.3 Å². The Morgan fingerprint density at radius 3 is 1.17 bits per heavy atom. The van der Waals surface area contributed by atoms with Gasteiger partial charge in [0, 0.05) is 24.3 Å². The molecule has 0 aromatic heterocycles. The van der Waals surface area contributed by atoms with Gasteiger partial charge in [0.05, 0.1) is 0 Å². The van der Waals surface area contributed by atoms with Crippen molar-refractivity contribution in [1.82, 2.24) is 0 Å². The minimum absolute atomic E-state index is 0.317. The van der Waals surface area contributed by atoms with E-state index >= 15 is 0 Å². The maximum atomic E-state index is 11.2. The number of ether oxygens (including phenoxy) is 2. The summed E-state index contributed by atoms with van der Waals surface area (Å²) in [7, 11) is 0. The Kier molecular flexibility index (Phi) is 8.25. The van der Waals surface area contributed by atoms with Crippen LogP contribution in [-0.2, 0) is 38.2 Å². The average Bonchev–Trinajstić information content (AvgIpc) is 2.49. The maximum absolute atomic E-state index is 11.2. The zero-order valence-electron chi connectivity index (χ0n) is 11.5. The average molecular weight is 346 g/mol. The van der Waals surface area contributed by atoms with Gasteiger partial charge in [0.1, 0.15) is 0 Å². The van der Waals surface area contributed by atoms with E-state index in [-0.39, 0.29) is 0 Å². The van der Waals surface area contributed by atoms with E-state index < -0.39 is 48.0 Å². The second-order valence-electron chi connectivity index (χ2n) is 3.71. The standard InChI is InChI=1S/C12H10O12/c13-5(14)1-3-7(17)23-11(21)9(19)10(20)12(22)24-8(18)4-2-6(15)16/h1-4,9-10,19-20H,(H,13,14)(H,15,16)/b3-1-,4-2-. The smallest absolute Gasteiger partial charge is 0.346 e. The lowest BCUT2D eigenvalue weighted by Crippen LogP contribution is -2.42. The van der Waals surface area contributed by atoms with Gasteiger partial charge < -0.3 is 29.9 Å². The molecule has 2 atom stereocenters. The lowest BCUT2D eigenvalue weighted by molar-refractivity contribution is -0.178. The van der Waals surface area contributed by atoms with Crippen molar-refractivity contribution in [2.45, 2.75) is 12.2 Å². The monoisotopic (exact) mass is 346 g/mol. The van der Waals surface area contributed by atoms with E-state index in [2.05, 4.69) is 9.47 Å². The molecular formula is C12H10O12. The largest absolute Gasteiger partial charge is 0.478 e. The van der Waals surface area contributed by atoms with Gasteiger partial charge in [-0.25, -0.2) is 28.8 Å². The van der Waals surface area contributed by atoms with Gasteiger partial charge in [-0.15, -0.1) is 0 Å². The number of aliphatic carboxylic acids is 2. The van der Waals surface area contributed by atoms with E-state index in [1.54, 1.807) is 0 Å². The summed E-state index contributed by atoms with van der Waals surface area (Å²) in [5.74, 6) is -9.74. The molecule has 0 aromatic rings. The van der Waals surface area contributed by atoms with Crippen LogP contribution in [0.5, 0.6) is 0 Å². The molecule has 12 nitrogen and oxygen atoms in total. The van der Waals surface area contributed by atoms with Crippen LogP contribution in [0.4, 0.5) is 0 Å². The quantitative estimate of drug-likeness (QED) is 0.209. The van der Waals surface area contributed by atoms with E-state index in [1.807, 2.05) is 0 Å². The molecule has 0 spiro atoms. The molecular weight excluding hydrogens is 336 g/mol. The molecule has 0 aliphatic heterocycles. The molecule has 0 saturated carbocycles. The van der Waals surface area contributed by atoms with E-state index in [0.29, 0.717) is 24.3 Å². The number of carboxylic acids is 2. The van der Waals surface area contributed by atoms with Crippen LogP contribution in [0.2, 0.25) is 0 Å². The molecule has 0 saturated heterocycles. The highest BCUT2D eigenvalue weighted by molar-refractivity contribution is 6.00. The van der Waals surface area contributed by atoms with Crippen molar-refractivity contribution in [1.29, 1.82) is 0 Å². The highest BCUT2D eigenvalue weighted by Crippen LogP contribution is 2.01. The van der Waals surface area contributed by atoms with Gasteiger partial charge in [0.2, 0.25) is 0 Å². The van der Waals surface area contributed by atoms with E-state index in [0.717, 1.165) is 0 Å². The molecule has 0 amide bonds. The molecule has 4 N–H and O–H groups in total. The Hall–Kier alpha value is -3.38. The van der Waals surface area contributed by atoms with Gasteiger partial charge in [0.25, 0.3) is 0 Å². The first kappa shape index (κ1) is 20.6. The van der Waals surface area contributed by atoms with Crippen molar-refractivity contribution in [2.24, 2.45) is 0 Å². The Morgan fingerprint density at radius 2 is 0.917 bits per heavy atom. The van der Waals surface area contributed by atoms with Crippen LogP contribution < -0.4 is 0 Å². The zero-order chi connectivity index (χ0) is 18.9. The van der Waals surface area contributed by atoms with Gasteiger partial charge in [-0.3, -0.25) is 0 Å². The number of carbonyl (C=O) groups is 6. The van der Waals surface area contributed by atoms with Crippen molar-refractivity contribution < 1.29 is 58.7 Å². The minimum atomic E-state index is -2.63. The normalized spacial score (nSPS) is 13.2. The van der Waals surface area contributed by atoms with Crippen LogP contribution in [-0.4, -0.2) is 68.4 Å². The summed E-state index contributed by atoms with van der Waals surface area (Å²) in [6.07, 6.45) is -3.98. The van der Waals surface area contributed by atoms with Gasteiger partial charge in [-0.05, 0) is 0 Å². The second kappa shape index (κ2) is 9.60. The zero-order valence-corrected chi connectivity index (χ0v) is 11.5. The SMILES string of the molecule is O=C(O)/C=C\C(=O)OC(=O)C(O)C(O)C(=O)OC(=O)/C=C\C(=O)O. The third kappa shape index (κ3) is 8.16. The Morgan fingerprint density at radius 1 is 0.625 bits per heavy atom. The molecule has 24 heavy (non-hydrogen) atoms. The number of rotatable bonds is 7. The Balaban J connectivity index is 4.65. The fourth-order valence-corrected chi connectivity index (χ4v) is 0.924. The molecule has 0 rings (SSSR count). The van der Waals surface area contributed by atoms with Crippen molar-refractivity contribution in [3.63, 3.8) is 0 Å².